The van der Waals surface area contributed by atoms with Crippen LogP contribution in [0.2, 0.25) is 0 Å². The van der Waals surface area contributed by atoms with Gasteiger partial charge < -0.3 is 14.9 Å². The maximum absolute atomic E-state index is 11.6. The number of carbonyl (C=O) groups excluding carboxylic acids is 1. The van der Waals surface area contributed by atoms with E-state index in [1.807, 2.05) is 0 Å². The number of rotatable bonds is 2. The van der Waals surface area contributed by atoms with E-state index < -0.39 is 0 Å². The fourth-order valence-corrected chi connectivity index (χ4v) is 7.82. The number of aliphatic hydroxyl groups excluding tert-OH is 2. The van der Waals surface area contributed by atoms with Crippen molar-refractivity contribution in [3.8, 4) is 0 Å². The van der Waals surface area contributed by atoms with Crippen molar-refractivity contribution >= 4 is 5.97 Å². The second-order valence-corrected chi connectivity index (χ2v) is 10.0. The molecule has 5 rings (SSSR count). The Morgan fingerprint density at radius 3 is 2.81 bits per heavy atom. The van der Waals surface area contributed by atoms with E-state index in [1.165, 1.54) is 12.0 Å². The summed E-state index contributed by atoms with van der Waals surface area (Å²) >= 11 is 0. The van der Waals surface area contributed by atoms with Gasteiger partial charge in [-0.25, -0.2) is 4.79 Å². The SMILES string of the molecule is C[C@]12CC[C@@H]3[C@H](CC[C@@H]4C[C@H](O)CC[C@@]43CO)C1=CC[C@H]2C1=CC(=O)OC1. The molecule has 0 spiro atoms. The van der Waals surface area contributed by atoms with Crippen molar-refractivity contribution in [1.29, 1.82) is 0 Å². The molecule has 4 nitrogen and oxygen atoms in total. The largest absolute Gasteiger partial charge is 0.458 e. The molecule has 148 valence electrons. The standard InChI is InChI=1S/C23H32O4/c1-22-8-7-20-17(3-2-15-11-16(25)6-9-23(15,20)13-24)19(22)5-4-18(22)14-10-21(26)27-12-14/h5,10,15-18,20,24-25H,2-4,6-9,11-13H2,1H3/t15-,16-,17-,18+,20-,22-,23-/m1/s1. The molecule has 0 saturated heterocycles. The number of aliphatic hydroxyl groups is 2. The zero-order valence-electron chi connectivity index (χ0n) is 16.3. The minimum Gasteiger partial charge on any atom is -0.458 e. The van der Waals surface area contributed by atoms with Gasteiger partial charge in [-0.2, -0.15) is 0 Å². The Morgan fingerprint density at radius 2 is 2.07 bits per heavy atom. The van der Waals surface area contributed by atoms with Crippen LogP contribution < -0.4 is 0 Å². The van der Waals surface area contributed by atoms with Gasteiger partial charge in [0, 0.05) is 12.7 Å². The lowest BCUT2D eigenvalue weighted by Gasteiger charge is -2.60. The number of hydrogen-bond donors (Lipinski definition) is 2. The summed E-state index contributed by atoms with van der Waals surface area (Å²) in [5, 5.41) is 20.7. The Morgan fingerprint density at radius 1 is 1.22 bits per heavy atom. The van der Waals surface area contributed by atoms with E-state index in [4.69, 9.17) is 4.74 Å². The summed E-state index contributed by atoms with van der Waals surface area (Å²) in [4.78, 5) is 11.6. The van der Waals surface area contributed by atoms with Crippen LogP contribution in [0, 0.1) is 34.5 Å². The second-order valence-electron chi connectivity index (χ2n) is 10.0. The molecule has 0 bridgehead atoms. The molecule has 1 aliphatic heterocycles. The molecule has 0 unspecified atom stereocenters. The highest BCUT2D eigenvalue weighted by Crippen LogP contribution is 2.66. The third-order valence-electron chi connectivity index (χ3n) is 9.17. The lowest BCUT2D eigenvalue weighted by molar-refractivity contribution is -0.135. The average molecular weight is 373 g/mol. The van der Waals surface area contributed by atoms with E-state index in [9.17, 15) is 15.0 Å². The van der Waals surface area contributed by atoms with Crippen LogP contribution in [-0.4, -0.2) is 35.5 Å². The van der Waals surface area contributed by atoms with Gasteiger partial charge in [0.25, 0.3) is 0 Å². The van der Waals surface area contributed by atoms with Gasteiger partial charge >= 0.3 is 5.97 Å². The van der Waals surface area contributed by atoms with Crippen molar-refractivity contribution in [1.82, 2.24) is 0 Å². The van der Waals surface area contributed by atoms with Crippen LogP contribution in [0.3, 0.4) is 0 Å². The molecule has 0 aromatic heterocycles. The second kappa shape index (κ2) is 6.18. The molecule has 0 amide bonds. The third kappa shape index (κ3) is 2.45. The van der Waals surface area contributed by atoms with Crippen LogP contribution in [-0.2, 0) is 9.53 Å². The number of cyclic esters (lactones) is 1. The first-order valence-corrected chi connectivity index (χ1v) is 10.8. The van der Waals surface area contributed by atoms with E-state index in [0.29, 0.717) is 30.3 Å². The quantitative estimate of drug-likeness (QED) is 0.576. The average Bonchev–Trinajstić information content (AvgIpc) is 3.23. The van der Waals surface area contributed by atoms with Crippen LogP contribution in [0.5, 0.6) is 0 Å². The zero-order chi connectivity index (χ0) is 18.8. The fraction of sp³-hybridized carbons (Fsp3) is 0.783. The van der Waals surface area contributed by atoms with Crippen LogP contribution in [0.25, 0.3) is 0 Å². The van der Waals surface area contributed by atoms with Gasteiger partial charge in [-0.05, 0) is 91.4 Å². The van der Waals surface area contributed by atoms with E-state index in [2.05, 4.69) is 13.0 Å². The number of esters is 1. The Labute approximate surface area is 161 Å². The Balaban J connectivity index is 1.45. The molecule has 5 aliphatic rings. The number of carbonyl (C=O) groups is 1. The molecule has 3 fully saturated rings. The number of ether oxygens (including phenoxy) is 1. The molecule has 0 radical (unpaired) electrons. The lowest BCUT2D eigenvalue weighted by atomic mass is 9.45. The highest BCUT2D eigenvalue weighted by Gasteiger charge is 2.59. The molecule has 7 atom stereocenters. The van der Waals surface area contributed by atoms with E-state index in [1.54, 1.807) is 11.6 Å². The van der Waals surface area contributed by atoms with Gasteiger partial charge in [0.15, 0.2) is 0 Å². The van der Waals surface area contributed by atoms with Crippen LogP contribution in [0.15, 0.2) is 23.3 Å². The monoisotopic (exact) mass is 372 g/mol. The molecule has 0 aromatic carbocycles. The van der Waals surface area contributed by atoms with Crippen molar-refractivity contribution in [3.05, 3.63) is 23.3 Å². The normalized spacial score (nSPS) is 48.9. The molecule has 0 aromatic rings. The number of hydrogen-bond acceptors (Lipinski definition) is 4. The summed E-state index contributed by atoms with van der Waals surface area (Å²) in [6.45, 7) is 3.14. The van der Waals surface area contributed by atoms with E-state index in [0.717, 1.165) is 44.9 Å². The summed E-state index contributed by atoms with van der Waals surface area (Å²) in [6.07, 6.45) is 12.3. The highest BCUT2D eigenvalue weighted by molar-refractivity contribution is 5.85. The molecular weight excluding hydrogens is 340 g/mol. The Bertz CT molecular complexity index is 709. The fourth-order valence-electron chi connectivity index (χ4n) is 7.82. The summed E-state index contributed by atoms with van der Waals surface area (Å²) in [7, 11) is 0. The minimum atomic E-state index is -0.184. The van der Waals surface area contributed by atoms with Gasteiger partial charge in [0.2, 0.25) is 0 Å². The summed E-state index contributed by atoms with van der Waals surface area (Å²) < 4.78 is 5.21. The molecular formula is C23H32O4. The van der Waals surface area contributed by atoms with Crippen molar-refractivity contribution < 1.29 is 19.7 Å². The maximum atomic E-state index is 11.6. The zero-order valence-corrected chi connectivity index (χ0v) is 16.3. The van der Waals surface area contributed by atoms with E-state index >= 15 is 0 Å². The van der Waals surface area contributed by atoms with Crippen LogP contribution in [0.4, 0.5) is 0 Å². The van der Waals surface area contributed by atoms with E-state index in [-0.39, 0.29) is 29.5 Å². The molecule has 27 heavy (non-hydrogen) atoms. The van der Waals surface area contributed by atoms with Gasteiger partial charge in [-0.1, -0.05) is 18.6 Å². The summed E-state index contributed by atoms with van der Waals surface area (Å²) in [5.41, 5.74) is 2.92. The molecule has 3 saturated carbocycles. The van der Waals surface area contributed by atoms with Crippen molar-refractivity contribution in [3.63, 3.8) is 0 Å². The molecule has 1 heterocycles. The Hall–Kier alpha value is -1.13. The highest BCUT2D eigenvalue weighted by atomic mass is 16.5. The third-order valence-corrected chi connectivity index (χ3v) is 9.17. The topological polar surface area (TPSA) is 66.8 Å². The first-order valence-electron chi connectivity index (χ1n) is 10.8. The maximum Gasteiger partial charge on any atom is 0.331 e. The summed E-state index contributed by atoms with van der Waals surface area (Å²) in [6, 6.07) is 0. The summed E-state index contributed by atoms with van der Waals surface area (Å²) in [5.74, 6) is 1.79. The van der Waals surface area contributed by atoms with Crippen molar-refractivity contribution in [2.75, 3.05) is 13.2 Å². The molecule has 4 aliphatic carbocycles. The molecule has 2 N–H and O–H groups in total. The van der Waals surface area contributed by atoms with Crippen molar-refractivity contribution in [2.45, 2.75) is 64.4 Å². The van der Waals surface area contributed by atoms with Gasteiger partial charge in [-0.15, -0.1) is 0 Å². The minimum absolute atomic E-state index is 0.00804. The number of allylic oxidation sites excluding steroid dienone is 2. The van der Waals surface area contributed by atoms with Crippen LogP contribution >= 0.6 is 0 Å². The first-order chi connectivity index (χ1) is 13.0. The van der Waals surface area contributed by atoms with Gasteiger partial charge in [0.05, 0.1) is 6.10 Å². The lowest BCUT2D eigenvalue weighted by Crippen LogP contribution is -2.55. The van der Waals surface area contributed by atoms with Crippen LogP contribution in [0.1, 0.15) is 58.3 Å². The van der Waals surface area contributed by atoms with Gasteiger partial charge in [0.1, 0.15) is 6.61 Å². The predicted octanol–water partition coefficient (Wildman–Crippen LogP) is 3.38. The first kappa shape index (κ1) is 17.9. The Kier molecular flexibility index (Phi) is 4.11. The number of fused-ring (bicyclic) bond motifs is 5. The predicted molar refractivity (Wildman–Crippen MR) is 102 cm³/mol. The van der Waals surface area contributed by atoms with Crippen molar-refractivity contribution in [2.24, 2.45) is 34.5 Å². The smallest absolute Gasteiger partial charge is 0.331 e. The molecule has 4 heteroatoms. The van der Waals surface area contributed by atoms with Gasteiger partial charge in [-0.3, -0.25) is 0 Å².